The van der Waals surface area contributed by atoms with Crippen LogP contribution in [0.25, 0.3) is 0 Å². The SMILES string of the molecule is CCCN1CCC(NC2CCCC2CO)CC1. The molecule has 2 unspecified atom stereocenters. The predicted molar refractivity (Wildman–Crippen MR) is 71.1 cm³/mol. The molecule has 2 fully saturated rings. The van der Waals surface area contributed by atoms with Crippen molar-refractivity contribution < 1.29 is 5.11 Å². The highest BCUT2D eigenvalue weighted by Crippen LogP contribution is 2.26. The summed E-state index contributed by atoms with van der Waals surface area (Å²) in [4.78, 5) is 2.58. The van der Waals surface area contributed by atoms with Gasteiger partial charge in [-0.1, -0.05) is 13.3 Å². The van der Waals surface area contributed by atoms with Crippen molar-refractivity contribution in [2.24, 2.45) is 5.92 Å². The van der Waals surface area contributed by atoms with Crippen LogP contribution in [0.1, 0.15) is 45.4 Å². The van der Waals surface area contributed by atoms with Crippen molar-refractivity contribution in [3.63, 3.8) is 0 Å². The lowest BCUT2D eigenvalue weighted by molar-refractivity contribution is 0.165. The molecule has 100 valence electrons. The number of hydrogen-bond donors (Lipinski definition) is 2. The summed E-state index contributed by atoms with van der Waals surface area (Å²) in [6, 6.07) is 1.28. The normalized spacial score (nSPS) is 32.1. The molecule has 0 aromatic rings. The first-order valence-electron chi connectivity index (χ1n) is 7.42. The molecule has 0 amide bonds. The fourth-order valence-corrected chi connectivity index (χ4v) is 3.42. The Balaban J connectivity index is 1.70. The van der Waals surface area contributed by atoms with E-state index in [9.17, 15) is 5.11 Å². The van der Waals surface area contributed by atoms with Gasteiger partial charge in [0.15, 0.2) is 0 Å². The molecule has 2 rings (SSSR count). The van der Waals surface area contributed by atoms with Crippen molar-refractivity contribution >= 4 is 0 Å². The highest BCUT2D eigenvalue weighted by Gasteiger charge is 2.29. The topological polar surface area (TPSA) is 35.5 Å². The van der Waals surface area contributed by atoms with E-state index in [1.54, 1.807) is 0 Å². The summed E-state index contributed by atoms with van der Waals surface area (Å²) >= 11 is 0. The van der Waals surface area contributed by atoms with Crippen molar-refractivity contribution in [3.05, 3.63) is 0 Å². The van der Waals surface area contributed by atoms with E-state index in [0.29, 0.717) is 24.6 Å². The molecule has 1 saturated carbocycles. The monoisotopic (exact) mass is 240 g/mol. The van der Waals surface area contributed by atoms with Crippen LogP contribution in [0.5, 0.6) is 0 Å². The third-order valence-electron chi connectivity index (χ3n) is 4.47. The van der Waals surface area contributed by atoms with E-state index in [4.69, 9.17) is 0 Å². The van der Waals surface area contributed by atoms with Gasteiger partial charge in [-0.2, -0.15) is 0 Å². The molecule has 0 bridgehead atoms. The molecule has 2 atom stereocenters. The van der Waals surface area contributed by atoms with Gasteiger partial charge in [0.05, 0.1) is 0 Å². The van der Waals surface area contributed by atoms with Gasteiger partial charge in [0, 0.05) is 18.7 Å². The van der Waals surface area contributed by atoms with Gasteiger partial charge in [-0.25, -0.2) is 0 Å². The minimum atomic E-state index is 0.367. The highest BCUT2D eigenvalue weighted by atomic mass is 16.3. The fourth-order valence-electron chi connectivity index (χ4n) is 3.42. The molecule has 0 aromatic carbocycles. The number of nitrogens with one attached hydrogen (secondary N) is 1. The minimum absolute atomic E-state index is 0.367. The zero-order valence-corrected chi connectivity index (χ0v) is 11.2. The van der Waals surface area contributed by atoms with E-state index in [2.05, 4.69) is 17.1 Å². The Bertz CT molecular complexity index is 214. The van der Waals surface area contributed by atoms with Crippen LogP contribution in [0.2, 0.25) is 0 Å². The van der Waals surface area contributed by atoms with E-state index in [1.165, 1.54) is 58.2 Å². The Morgan fingerprint density at radius 1 is 1.18 bits per heavy atom. The Morgan fingerprint density at radius 3 is 2.59 bits per heavy atom. The van der Waals surface area contributed by atoms with E-state index in [0.717, 1.165) is 0 Å². The lowest BCUT2D eigenvalue weighted by atomic mass is 9.99. The Kier molecular flexibility index (Phi) is 5.26. The van der Waals surface area contributed by atoms with Crippen LogP contribution >= 0.6 is 0 Å². The highest BCUT2D eigenvalue weighted by molar-refractivity contribution is 4.87. The van der Waals surface area contributed by atoms with Gasteiger partial charge in [0.2, 0.25) is 0 Å². The molecule has 0 spiro atoms. The Morgan fingerprint density at radius 2 is 1.94 bits per heavy atom. The van der Waals surface area contributed by atoms with E-state index in [-0.39, 0.29) is 0 Å². The standard InChI is InChI=1S/C14H28N2O/c1-2-8-16-9-6-13(7-10-16)15-14-5-3-4-12(14)11-17/h12-15,17H,2-11H2,1H3. The van der Waals surface area contributed by atoms with Crippen LogP contribution < -0.4 is 5.32 Å². The summed E-state index contributed by atoms with van der Waals surface area (Å²) < 4.78 is 0. The maximum Gasteiger partial charge on any atom is 0.0474 e. The van der Waals surface area contributed by atoms with E-state index in [1.807, 2.05) is 0 Å². The summed E-state index contributed by atoms with van der Waals surface area (Å²) in [5, 5.41) is 13.1. The van der Waals surface area contributed by atoms with Crippen LogP contribution in [0.3, 0.4) is 0 Å². The first-order chi connectivity index (χ1) is 8.33. The lowest BCUT2D eigenvalue weighted by Crippen LogP contribution is -2.47. The number of rotatable bonds is 5. The molecule has 2 aliphatic rings. The summed E-state index contributed by atoms with van der Waals surface area (Å²) in [6.07, 6.45) is 7.61. The van der Waals surface area contributed by atoms with Crippen molar-refractivity contribution in [2.75, 3.05) is 26.2 Å². The van der Waals surface area contributed by atoms with Gasteiger partial charge in [-0.3, -0.25) is 0 Å². The third-order valence-corrected chi connectivity index (χ3v) is 4.47. The fraction of sp³-hybridized carbons (Fsp3) is 1.00. The smallest absolute Gasteiger partial charge is 0.0474 e. The van der Waals surface area contributed by atoms with Crippen LogP contribution in [0.15, 0.2) is 0 Å². The molecule has 0 radical (unpaired) electrons. The minimum Gasteiger partial charge on any atom is -0.396 e. The summed E-state index contributed by atoms with van der Waals surface area (Å²) in [5.41, 5.74) is 0. The van der Waals surface area contributed by atoms with Crippen LogP contribution in [0.4, 0.5) is 0 Å². The molecule has 3 heteroatoms. The van der Waals surface area contributed by atoms with E-state index < -0.39 is 0 Å². The van der Waals surface area contributed by atoms with Gasteiger partial charge in [-0.05, 0) is 57.7 Å². The number of nitrogens with zero attached hydrogens (tertiary/aromatic N) is 1. The summed E-state index contributed by atoms with van der Waals surface area (Å²) in [5.74, 6) is 0.517. The molecule has 3 nitrogen and oxygen atoms in total. The first-order valence-corrected chi connectivity index (χ1v) is 7.42. The van der Waals surface area contributed by atoms with Gasteiger partial charge >= 0.3 is 0 Å². The molecule has 17 heavy (non-hydrogen) atoms. The van der Waals surface area contributed by atoms with E-state index >= 15 is 0 Å². The zero-order chi connectivity index (χ0) is 12.1. The largest absolute Gasteiger partial charge is 0.396 e. The number of piperidine rings is 1. The molecular weight excluding hydrogens is 212 g/mol. The molecule has 1 aliphatic carbocycles. The van der Waals surface area contributed by atoms with Crippen LogP contribution in [0, 0.1) is 5.92 Å². The third kappa shape index (κ3) is 3.67. The number of likely N-dealkylation sites (tertiary alicyclic amines) is 1. The number of aliphatic hydroxyl groups excluding tert-OH is 1. The zero-order valence-electron chi connectivity index (χ0n) is 11.2. The molecule has 1 saturated heterocycles. The van der Waals surface area contributed by atoms with Gasteiger partial charge in [-0.15, -0.1) is 0 Å². The molecule has 0 aromatic heterocycles. The van der Waals surface area contributed by atoms with Crippen molar-refractivity contribution in [2.45, 2.75) is 57.5 Å². The Labute approximate surface area is 106 Å². The number of hydrogen-bond acceptors (Lipinski definition) is 3. The predicted octanol–water partition coefficient (Wildman–Crippen LogP) is 1.61. The maximum atomic E-state index is 9.33. The summed E-state index contributed by atoms with van der Waals surface area (Å²) in [7, 11) is 0. The second kappa shape index (κ2) is 6.72. The van der Waals surface area contributed by atoms with Crippen molar-refractivity contribution in [3.8, 4) is 0 Å². The van der Waals surface area contributed by atoms with Crippen molar-refractivity contribution in [1.82, 2.24) is 10.2 Å². The number of aliphatic hydroxyl groups is 1. The Hall–Kier alpha value is -0.120. The molecule has 1 aliphatic heterocycles. The van der Waals surface area contributed by atoms with Gasteiger partial charge < -0.3 is 15.3 Å². The first kappa shape index (κ1) is 13.3. The maximum absolute atomic E-state index is 9.33. The van der Waals surface area contributed by atoms with Gasteiger partial charge in [0.25, 0.3) is 0 Å². The second-order valence-corrected chi connectivity index (χ2v) is 5.76. The quantitative estimate of drug-likeness (QED) is 0.766. The summed E-state index contributed by atoms with van der Waals surface area (Å²) in [6.45, 7) is 6.39. The van der Waals surface area contributed by atoms with Crippen LogP contribution in [-0.4, -0.2) is 48.3 Å². The van der Waals surface area contributed by atoms with Crippen molar-refractivity contribution in [1.29, 1.82) is 0 Å². The lowest BCUT2D eigenvalue weighted by Gasteiger charge is -2.34. The molecule has 1 heterocycles. The average Bonchev–Trinajstić information content (AvgIpc) is 2.79. The molecule has 2 N–H and O–H groups in total. The average molecular weight is 240 g/mol. The van der Waals surface area contributed by atoms with Gasteiger partial charge in [0.1, 0.15) is 0 Å². The van der Waals surface area contributed by atoms with Crippen LogP contribution in [-0.2, 0) is 0 Å². The second-order valence-electron chi connectivity index (χ2n) is 5.76. The molecular formula is C14H28N2O.